The summed E-state index contributed by atoms with van der Waals surface area (Å²) in [5.41, 5.74) is 0.817. The Morgan fingerprint density at radius 2 is 2.09 bits per heavy atom. The number of imidazole rings is 1. The molecule has 0 unspecified atom stereocenters. The van der Waals surface area contributed by atoms with Crippen molar-refractivity contribution in [3.8, 4) is 11.5 Å². The predicted molar refractivity (Wildman–Crippen MR) is 40.8 cm³/mol. The van der Waals surface area contributed by atoms with Crippen LogP contribution in [0.15, 0.2) is 36.8 Å². The first-order valence-corrected chi connectivity index (χ1v) is 3.32. The number of hydrogen-bond acceptors (Lipinski definition) is 2. The van der Waals surface area contributed by atoms with E-state index in [0.29, 0.717) is 5.82 Å². The zero-order chi connectivity index (χ0) is 7.52. The van der Waals surface area contributed by atoms with Gasteiger partial charge in [-0.15, -0.1) is 0 Å². The van der Waals surface area contributed by atoms with Gasteiger partial charge in [0, 0.05) is 6.20 Å². The van der Waals surface area contributed by atoms with E-state index in [1.165, 1.54) is 0 Å². The molecule has 0 spiro atoms. The average Bonchev–Trinajstić information content (AvgIpc) is 2.58. The lowest BCUT2D eigenvalue weighted by atomic mass is 10.3. The van der Waals surface area contributed by atoms with Crippen LogP contribution in [0.4, 0.5) is 0 Å². The molecule has 2 aromatic heterocycles. The highest BCUT2D eigenvalue weighted by atomic mass is 14.9. The third kappa shape index (κ3) is 1.12. The molecule has 2 aromatic rings. The van der Waals surface area contributed by atoms with Gasteiger partial charge in [0.1, 0.15) is 0 Å². The smallest absolute Gasteiger partial charge is 0.0620 e. The maximum Gasteiger partial charge on any atom is 0.0620 e. The molecule has 0 aliphatic rings. The van der Waals surface area contributed by atoms with E-state index in [0.717, 1.165) is 5.69 Å². The van der Waals surface area contributed by atoms with Crippen molar-refractivity contribution in [2.45, 2.75) is 0 Å². The lowest BCUT2D eigenvalue weighted by Crippen LogP contribution is -1.84. The first-order valence-electron chi connectivity index (χ1n) is 3.32. The molecule has 0 aliphatic heterocycles. The second-order valence-corrected chi connectivity index (χ2v) is 2.09. The first-order chi connectivity index (χ1) is 5.47. The maximum atomic E-state index is 4.10. The van der Waals surface area contributed by atoms with Crippen LogP contribution in [0.25, 0.3) is 11.5 Å². The molecule has 0 bridgehead atoms. The molecule has 0 amide bonds. The highest BCUT2D eigenvalue weighted by Gasteiger charge is 1.88. The summed E-state index contributed by atoms with van der Waals surface area (Å²) in [6.07, 6.45) is 5.04. The molecule has 0 atom stereocenters. The van der Waals surface area contributed by atoms with Gasteiger partial charge in [-0.1, -0.05) is 18.5 Å². The molecular formula is C8H6N3-. The Morgan fingerprint density at radius 1 is 1.09 bits per heavy atom. The largest absolute Gasteiger partial charge is 0.441 e. The predicted octanol–water partition coefficient (Wildman–Crippen LogP) is 1.10. The molecule has 2 heterocycles. The summed E-state index contributed by atoms with van der Waals surface area (Å²) in [5.74, 6) is 0.686. The summed E-state index contributed by atoms with van der Waals surface area (Å²) in [5, 5.41) is 0. The van der Waals surface area contributed by atoms with E-state index < -0.39 is 0 Å². The molecule has 3 heteroatoms. The van der Waals surface area contributed by atoms with E-state index in [4.69, 9.17) is 0 Å². The second kappa shape index (κ2) is 2.54. The molecule has 0 aliphatic carbocycles. The van der Waals surface area contributed by atoms with E-state index in [9.17, 15) is 0 Å². The molecular weight excluding hydrogens is 138 g/mol. The van der Waals surface area contributed by atoms with Crippen molar-refractivity contribution in [2.24, 2.45) is 0 Å². The minimum atomic E-state index is 0.686. The Balaban J connectivity index is 2.46. The highest BCUT2D eigenvalue weighted by molar-refractivity contribution is 5.47. The van der Waals surface area contributed by atoms with Crippen LogP contribution in [-0.4, -0.2) is 9.97 Å². The SMILES string of the molecule is c1ccc(-c2ncc[n-]2)nc1. The fourth-order valence-electron chi connectivity index (χ4n) is 0.869. The molecule has 2 rings (SSSR count). The fraction of sp³-hybridized carbons (Fsp3) is 0. The summed E-state index contributed by atoms with van der Waals surface area (Å²) < 4.78 is 0. The summed E-state index contributed by atoms with van der Waals surface area (Å²) >= 11 is 0. The second-order valence-electron chi connectivity index (χ2n) is 2.09. The normalized spacial score (nSPS) is 9.82. The average molecular weight is 144 g/mol. The van der Waals surface area contributed by atoms with Gasteiger partial charge in [0.2, 0.25) is 0 Å². The topological polar surface area (TPSA) is 39.9 Å². The molecule has 0 aromatic carbocycles. The van der Waals surface area contributed by atoms with Crippen LogP contribution in [-0.2, 0) is 0 Å². The van der Waals surface area contributed by atoms with Crippen molar-refractivity contribution in [3.05, 3.63) is 36.8 Å². The van der Waals surface area contributed by atoms with Crippen molar-refractivity contribution >= 4 is 0 Å². The van der Waals surface area contributed by atoms with Gasteiger partial charge in [0.15, 0.2) is 0 Å². The quantitative estimate of drug-likeness (QED) is 0.601. The molecule has 0 N–H and O–H groups in total. The number of hydrogen-bond donors (Lipinski definition) is 0. The Morgan fingerprint density at radius 3 is 2.73 bits per heavy atom. The van der Waals surface area contributed by atoms with Gasteiger partial charge in [0.25, 0.3) is 0 Å². The van der Waals surface area contributed by atoms with E-state index >= 15 is 0 Å². The van der Waals surface area contributed by atoms with Crippen molar-refractivity contribution in [2.75, 3.05) is 0 Å². The van der Waals surface area contributed by atoms with Crippen molar-refractivity contribution in [1.82, 2.24) is 15.0 Å². The molecule has 11 heavy (non-hydrogen) atoms. The van der Waals surface area contributed by atoms with E-state index in [2.05, 4.69) is 15.0 Å². The number of aromatic nitrogens is 3. The Labute approximate surface area is 64.1 Å². The molecule has 0 fully saturated rings. The Kier molecular flexibility index (Phi) is 1.41. The van der Waals surface area contributed by atoms with Crippen LogP contribution in [0.1, 0.15) is 0 Å². The molecule has 0 saturated carbocycles. The van der Waals surface area contributed by atoms with Crippen LogP contribution < -0.4 is 4.98 Å². The standard InChI is InChI=1S/C8H6N3/c1-2-4-9-7(3-1)8-10-5-6-11-8/h1-6H/q-1. The number of pyridine rings is 1. The lowest BCUT2D eigenvalue weighted by Gasteiger charge is -2.00. The third-order valence-electron chi connectivity index (χ3n) is 1.35. The Hall–Kier alpha value is -1.64. The zero-order valence-corrected chi connectivity index (χ0v) is 5.81. The van der Waals surface area contributed by atoms with Crippen LogP contribution >= 0.6 is 0 Å². The molecule has 0 saturated heterocycles. The molecule has 3 nitrogen and oxygen atoms in total. The minimum absolute atomic E-state index is 0.686. The highest BCUT2D eigenvalue weighted by Crippen LogP contribution is 2.07. The van der Waals surface area contributed by atoms with Gasteiger partial charge in [0.05, 0.1) is 5.69 Å². The van der Waals surface area contributed by atoms with Crippen LogP contribution in [0.2, 0.25) is 0 Å². The van der Waals surface area contributed by atoms with Crippen LogP contribution in [0.5, 0.6) is 0 Å². The Bertz CT molecular complexity index is 312. The van der Waals surface area contributed by atoms with Gasteiger partial charge >= 0.3 is 0 Å². The summed E-state index contributed by atoms with van der Waals surface area (Å²) in [6.45, 7) is 0. The fourth-order valence-corrected chi connectivity index (χ4v) is 0.869. The third-order valence-corrected chi connectivity index (χ3v) is 1.35. The van der Waals surface area contributed by atoms with Crippen molar-refractivity contribution < 1.29 is 0 Å². The summed E-state index contributed by atoms with van der Waals surface area (Å²) in [7, 11) is 0. The van der Waals surface area contributed by atoms with Gasteiger partial charge in [-0.25, -0.2) is 0 Å². The van der Waals surface area contributed by atoms with Gasteiger partial charge < -0.3 is 9.97 Å². The monoisotopic (exact) mass is 144 g/mol. The minimum Gasteiger partial charge on any atom is -0.441 e. The van der Waals surface area contributed by atoms with Gasteiger partial charge in [-0.2, -0.15) is 0 Å². The number of rotatable bonds is 1. The van der Waals surface area contributed by atoms with Crippen molar-refractivity contribution in [1.29, 1.82) is 0 Å². The summed E-state index contributed by atoms with van der Waals surface area (Å²) in [6, 6.07) is 5.67. The molecule has 54 valence electrons. The van der Waals surface area contributed by atoms with E-state index in [-0.39, 0.29) is 0 Å². The number of nitrogens with zero attached hydrogens (tertiary/aromatic N) is 3. The zero-order valence-electron chi connectivity index (χ0n) is 5.81. The lowest BCUT2D eigenvalue weighted by molar-refractivity contribution is 1.21. The van der Waals surface area contributed by atoms with E-state index in [1.807, 2.05) is 18.2 Å². The molecule has 0 radical (unpaired) electrons. The van der Waals surface area contributed by atoms with Gasteiger partial charge in [-0.05, 0) is 18.0 Å². The first kappa shape index (κ1) is 6.09. The van der Waals surface area contributed by atoms with Crippen molar-refractivity contribution in [3.63, 3.8) is 0 Å². The van der Waals surface area contributed by atoms with Gasteiger partial charge in [-0.3, -0.25) is 4.98 Å². The van der Waals surface area contributed by atoms with Crippen LogP contribution in [0, 0.1) is 0 Å². The summed E-state index contributed by atoms with van der Waals surface area (Å²) in [4.78, 5) is 12.1. The maximum absolute atomic E-state index is 4.10. The van der Waals surface area contributed by atoms with Crippen LogP contribution in [0.3, 0.4) is 0 Å². The van der Waals surface area contributed by atoms with E-state index in [1.54, 1.807) is 18.6 Å².